The Kier molecular flexibility index (Phi) is 2.92. The lowest BCUT2D eigenvalue weighted by Crippen LogP contribution is -2.31. The summed E-state index contributed by atoms with van der Waals surface area (Å²) in [6.45, 7) is 1.10. The van der Waals surface area contributed by atoms with Crippen LogP contribution in [0.4, 0.5) is 4.39 Å². The van der Waals surface area contributed by atoms with Crippen LogP contribution in [0, 0.1) is 5.82 Å². The highest BCUT2D eigenvalue weighted by Gasteiger charge is 2.32. The molecule has 0 aliphatic heterocycles. The molecule has 1 atom stereocenters. The number of hydrogen-bond acceptors (Lipinski definition) is 2. The molecule has 0 heterocycles. The highest BCUT2D eigenvalue weighted by molar-refractivity contribution is 9.10. The molecule has 0 fully saturated rings. The highest BCUT2D eigenvalue weighted by Crippen LogP contribution is 2.25. The van der Waals surface area contributed by atoms with E-state index in [0.29, 0.717) is 0 Å². The second-order valence-electron chi connectivity index (χ2n) is 3.01. The molecule has 3 nitrogen and oxygen atoms in total. The molecule has 0 aliphatic carbocycles. The van der Waals surface area contributed by atoms with Crippen LogP contribution in [0.2, 0.25) is 0 Å². The Balaban J connectivity index is 3.21. The molecule has 1 aromatic rings. The zero-order valence-corrected chi connectivity index (χ0v) is 8.88. The number of aliphatic carboxylic acids is 1. The van der Waals surface area contributed by atoms with Gasteiger partial charge in [-0.05, 0) is 40.5 Å². The van der Waals surface area contributed by atoms with E-state index >= 15 is 0 Å². The van der Waals surface area contributed by atoms with E-state index in [-0.39, 0.29) is 10.0 Å². The average molecular weight is 263 g/mol. The minimum atomic E-state index is -2.07. The zero-order valence-electron chi connectivity index (χ0n) is 7.29. The molecular formula is C9H8BrFO3. The molecule has 0 bridgehead atoms. The van der Waals surface area contributed by atoms with Crippen molar-refractivity contribution in [1.29, 1.82) is 0 Å². The van der Waals surface area contributed by atoms with Crippen molar-refractivity contribution >= 4 is 21.9 Å². The lowest BCUT2D eigenvalue weighted by Gasteiger charge is -2.18. The summed E-state index contributed by atoms with van der Waals surface area (Å²) >= 11 is 2.93. The lowest BCUT2D eigenvalue weighted by atomic mass is 9.96. The van der Waals surface area contributed by atoms with Crippen molar-refractivity contribution in [2.24, 2.45) is 0 Å². The third-order valence-electron chi connectivity index (χ3n) is 1.90. The van der Waals surface area contributed by atoms with Crippen LogP contribution in [0.25, 0.3) is 0 Å². The quantitative estimate of drug-likeness (QED) is 0.856. The Labute approximate surface area is 88.3 Å². The van der Waals surface area contributed by atoms with Gasteiger partial charge in [0.25, 0.3) is 0 Å². The van der Waals surface area contributed by atoms with Crippen LogP contribution < -0.4 is 0 Å². The van der Waals surface area contributed by atoms with Crippen LogP contribution in [-0.4, -0.2) is 16.2 Å². The molecule has 0 spiro atoms. The molecule has 2 N–H and O–H groups in total. The van der Waals surface area contributed by atoms with Crippen molar-refractivity contribution < 1.29 is 19.4 Å². The normalized spacial score (nSPS) is 14.9. The number of halogens is 2. The number of rotatable bonds is 2. The minimum absolute atomic E-state index is 0.00528. The van der Waals surface area contributed by atoms with E-state index in [0.717, 1.165) is 13.0 Å². The monoisotopic (exact) mass is 262 g/mol. The van der Waals surface area contributed by atoms with Gasteiger partial charge in [0.2, 0.25) is 0 Å². The van der Waals surface area contributed by atoms with Crippen LogP contribution in [0.15, 0.2) is 22.7 Å². The first-order valence-electron chi connectivity index (χ1n) is 3.77. The van der Waals surface area contributed by atoms with Gasteiger partial charge in [-0.3, -0.25) is 0 Å². The van der Waals surface area contributed by atoms with E-state index in [1.807, 2.05) is 0 Å². The van der Waals surface area contributed by atoms with E-state index in [1.54, 1.807) is 0 Å². The van der Waals surface area contributed by atoms with Gasteiger partial charge in [-0.25, -0.2) is 9.18 Å². The van der Waals surface area contributed by atoms with E-state index in [4.69, 9.17) is 5.11 Å². The molecule has 1 unspecified atom stereocenters. The molecule has 1 aromatic carbocycles. The maximum absolute atomic E-state index is 13.0. The predicted molar refractivity (Wildman–Crippen MR) is 51.3 cm³/mol. The summed E-state index contributed by atoms with van der Waals surface area (Å²) in [6.07, 6.45) is 0. The summed E-state index contributed by atoms with van der Waals surface area (Å²) in [5.41, 5.74) is -2.06. The summed E-state index contributed by atoms with van der Waals surface area (Å²) in [7, 11) is 0. The second-order valence-corrected chi connectivity index (χ2v) is 3.86. The number of benzene rings is 1. The number of carbonyl (C=O) groups is 1. The predicted octanol–water partition coefficient (Wildman–Crippen LogP) is 1.88. The molecule has 76 valence electrons. The Hall–Kier alpha value is -0.940. The van der Waals surface area contributed by atoms with Gasteiger partial charge in [-0.1, -0.05) is 6.07 Å². The number of carboxylic acids is 1. The van der Waals surface area contributed by atoms with Crippen LogP contribution in [-0.2, 0) is 10.4 Å². The van der Waals surface area contributed by atoms with Crippen molar-refractivity contribution in [2.45, 2.75) is 12.5 Å². The molecular weight excluding hydrogens is 255 g/mol. The van der Waals surface area contributed by atoms with Crippen LogP contribution >= 0.6 is 15.9 Å². The summed E-state index contributed by atoms with van der Waals surface area (Å²) in [5.74, 6) is -2.02. The number of carboxylic acid groups (broad SMARTS) is 1. The fourth-order valence-corrected chi connectivity index (χ4v) is 1.17. The lowest BCUT2D eigenvalue weighted by molar-refractivity contribution is -0.157. The standard InChI is InChI=1S/C9H8BrFO3/c1-9(14,8(12)13)5-2-3-6(10)7(11)4-5/h2-4,14H,1H3,(H,12,13). The highest BCUT2D eigenvalue weighted by atomic mass is 79.9. The van der Waals surface area contributed by atoms with Gasteiger partial charge in [0, 0.05) is 0 Å². The van der Waals surface area contributed by atoms with Gasteiger partial charge in [0.05, 0.1) is 4.47 Å². The van der Waals surface area contributed by atoms with Crippen LogP contribution in [0.1, 0.15) is 12.5 Å². The summed E-state index contributed by atoms with van der Waals surface area (Å²) in [4.78, 5) is 10.6. The third kappa shape index (κ3) is 1.93. The Morgan fingerprint density at radius 1 is 1.57 bits per heavy atom. The number of hydrogen-bond donors (Lipinski definition) is 2. The molecule has 0 saturated heterocycles. The van der Waals surface area contributed by atoms with Crippen LogP contribution in [0.5, 0.6) is 0 Å². The Morgan fingerprint density at radius 2 is 2.14 bits per heavy atom. The summed E-state index contributed by atoms with van der Waals surface area (Å²) in [5, 5.41) is 18.2. The zero-order chi connectivity index (χ0) is 10.9. The van der Waals surface area contributed by atoms with Crippen molar-refractivity contribution in [2.75, 3.05) is 0 Å². The first-order valence-corrected chi connectivity index (χ1v) is 4.56. The SMILES string of the molecule is CC(O)(C(=O)O)c1ccc(Br)c(F)c1. The van der Waals surface area contributed by atoms with E-state index < -0.39 is 17.4 Å². The molecule has 0 amide bonds. The van der Waals surface area contributed by atoms with Gasteiger partial charge >= 0.3 is 5.97 Å². The minimum Gasteiger partial charge on any atom is -0.479 e. The Morgan fingerprint density at radius 3 is 2.57 bits per heavy atom. The van der Waals surface area contributed by atoms with Crippen molar-refractivity contribution in [3.8, 4) is 0 Å². The van der Waals surface area contributed by atoms with Crippen molar-refractivity contribution in [3.05, 3.63) is 34.1 Å². The first-order chi connectivity index (χ1) is 6.35. The molecule has 5 heteroatoms. The molecule has 14 heavy (non-hydrogen) atoms. The van der Waals surface area contributed by atoms with Crippen molar-refractivity contribution in [3.63, 3.8) is 0 Å². The maximum atomic E-state index is 13.0. The van der Waals surface area contributed by atoms with Gasteiger partial charge in [-0.15, -0.1) is 0 Å². The molecule has 0 aliphatic rings. The molecule has 0 saturated carbocycles. The van der Waals surface area contributed by atoms with E-state index in [2.05, 4.69) is 15.9 Å². The number of aliphatic hydroxyl groups is 1. The van der Waals surface area contributed by atoms with Gasteiger partial charge < -0.3 is 10.2 Å². The average Bonchev–Trinajstić information content (AvgIpc) is 2.09. The molecule has 0 radical (unpaired) electrons. The summed E-state index contributed by atoms with van der Waals surface area (Å²) < 4.78 is 13.2. The topological polar surface area (TPSA) is 57.5 Å². The second kappa shape index (κ2) is 3.67. The molecule has 1 rings (SSSR count). The first kappa shape index (κ1) is 11.1. The summed E-state index contributed by atoms with van der Waals surface area (Å²) in [6, 6.07) is 3.68. The van der Waals surface area contributed by atoms with Crippen LogP contribution in [0.3, 0.4) is 0 Å². The van der Waals surface area contributed by atoms with E-state index in [9.17, 15) is 14.3 Å². The smallest absolute Gasteiger partial charge is 0.340 e. The largest absolute Gasteiger partial charge is 0.479 e. The fraction of sp³-hybridized carbons (Fsp3) is 0.222. The van der Waals surface area contributed by atoms with Crippen molar-refractivity contribution in [1.82, 2.24) is 0 Å². The molecule has 0 aromatic heterocycles. The maximum Gasteiger partial charge on any atom is 0.340 e. The van der Waals surface area contributed by atoms with Gasteiger partial charge in [0.15, 0.2) is 5.60 Å². The van der Waals surface area contributed by atoms with Gasteiger partial charge in [0.1, 0.15) is 5.82 Å². The van der Waals surface area contributed by atoms with Gasteiger partial charge in [-0.2, -0.15) is 0 Å². The fourth-order valence-electron chi connectivity index (χ4n) is 0.922. The Bertz CT molecular complexity index is 376. The van der Waals surface area contributed by atoms with E-state index in [1.165, 1.54) is 12.1 Å². The third-order valence-corrected chi connectivity index (χ3v) is 2.54.